The first-order valence-electron chi connectivity index (χ1n) is 16.6. The summed E-state index contributed by atoms with van der Waals surface area (Å²) in [5.74, 6) is -1.50. The Morgan fingerprint density at radius 3 is 2.69 bits per heavy atom. The lowest BCUT2D eigenvalue weighted by Crippen LogP contribution is -2.45. The van der Waals surface area contributed by atoms with Gasteiger partial charge in [-0.05, 0) is 48.9 Å². The van der Waals surface area contributed by atoms with E-state index in [4.69, 9.17) is 10.5 Å². The molecule has 1 amide bonds. The van der Waals surface area contributed by atoms with E-state index in [9.17, 15) is 23.5 Å². The largest absolute Gasteiger partial charge is 0.490 e. The maximum Gasteiger partial charge on any atom is 0.298 e. The summed E-state index contributed by atoms with van der Waals surface area (Å²) in [5.41, 5.74) is 6.51. The number of hydrogen-bond donors (Lipinski definition) is 3. The van der Waals surface area contributed by atoms with Gasteiger partial charge in [0.1, 0.15) is 47.1 Å². The van der Waals surface area contributed by atoms with E-state index < -0.39 is 22.8 Å². The molecule has 0 radical (unpaired) electrons. The minimum absolute atomic E-state index is 0.00629. The van der Waals surface area contributed by atoms with Crippen molar-refractivity contribution in [3.05, 3.63) is 118 Å². The smallest absolute Gasteiger partial charge is 0.298 e. The highest BCUT2D eigenvalue weighted by molar-refractivity contribution is 7.20. The number of carbonyl (C=O) groups is 1. The predicted molar refractivity (Wildman–Crippen MR) is 191 cm³/mol. The lowest BCUT2D eigenvalue weighted by atomic mass is 9.92. The summed E-state index contributed by atoms with van der Waals surface area (Å²) in [6.07, 6.45) is 3.28. The van der Waals surface area contributed by atoms with Crippen LogP contribution in [0.15, 0.2) is 90.2 Å². The molecule has 1 fully saturated rings. The molecule has 52 heavy (non-hydrogen) atoms. The number of hydrogen-bond acceptors (Lipinski definition) is 11. The number of thiophene rings is 1. The van der Waals surface area contributed by atoms with Gasteiger partial charge in [-0.3, -0.25) is 19.1 Å². The Morgan fingerprint density at radius 2 is 1.90 bits per heavy atom. The molecule has 1 saturated heterocycles. The predicted octanol–water partition coefficient (Wildman–Crippen LogP) is 3.82. The molecule has 8 rings (SSSR count). The topological polar surface area (TPSA) is 157 Å². The second-order valence-corrected chi connectivity index (χ2v) is 13.9. The Morgan fingerprint density at radius 1 is 1.06 bits per heavy atom. The number of aliphatic hydroxyl groups is 1. The van der Waals surface area contributed by atoms with E-state index in [1.165, 1.54) is 28.0 Å². The van der Waals surface area contributed by atoms with Crippen LogP contribution in [0.2, 0.25) is 0 Å². The van der Waals surface area contributed by atoms with E-state index in [1.54, 1.807) is 12.1 Å². The molecule has 2 atom stereocenters. The van der Waals surface area contributed by atoms with Crippen LogP contribution in [0.3, 0.4) is 0 Å². The number of fused-ring (bicyclic) bond motifs is 2. The summed E-state index contributed by atoms with van der Waals surface area (Å²) >= 11 is 1.12. The van der Waals surface area contributed by atoms with Crippen molar-refractivity contribution in [3.63, 3.8) is 0 Å². The molecule has 266 valence electrons. The normalized spacial score (nSPS) is 17.1. The number of β-amino-alcohol motifs (C(OH)–C–C–N with tert-alkyl or cyclic N) is 1. The van der Waals surface area contributed by atoms with Crippen LogP contribution in [0.5, 0.6) is 5.75 Å². The van der Waals surface area contributed by atoms with Gasteiger partial charge in [0.05, 0.1) is 34.9 Å². The monoisotopic (exact) mass is 725 g/mol. The molecular formula is C36H33F2N9O4S. The van der Waals surface area contributed by atoms with Crippen LogP contribution in [0, 0.1) is 11.6 Å². The number of aromatic nitrogens is 5. The summed E-state index contributed by atoms with van der Waals surface area (Å²) in [6, 6.07) is 19.8. The molecule has 5 heterocycles. The van der Waals surface area contributed by atoms with Crippen LogP contribution in [0.25, 0.3) is 16.0 Å². The first-order valence-corrected chi connectivity index (χ1v) is 17.4. The third-order valence-electron chi connectivity index (χ3n) is 9.35. The number of nitrogens with one attached hydrogen (secondary N) is 1. The van der Waals surface area contributed by atoms with Crippen molar-refractivity contribution in [2.24, 2.45) is 0 Å². The summed E-state index contributed by atoms with van der Waals surface area (Å²) in [7, 11) is 0. The number of rotatable bonds is 9. The second-order valence-electron chi connectivity index (χ2n) is 12.9. The van der Waals surface area contributed by atoms with Crippen molar-refractivity contribution in [1.29, 1.82) is 0 Å². The van der Waals surface area contributed by atoms with Crippen molar-refractivity contribution in [1.82, 2.24) is 34.5 Å². The molecule has 0 unspecified atom stereocenters. The first kappa shape index (κ1) is 33.4. The fraction of sp³-hybridized carbons (Fsp3) is 0.250. The van der Waals surface area contributed by atoms with E-state index in [0.717, 1.165) is 34.8 Å². The van der Waals surface area contributed by atoms with Gasteiger partial charge in [0.2, 0.25) is 0 Å². The SMILES string of the molecule is Nc1nc2sc(C(=O)N[C@@H]3CCN(C[C@](O)(Cn4cncn4)c4ccc(F)cc4F)C3)cc2n(-c2ccc3c(c2)N(c2ccccc2)CCO3)c1=O. The zero-order chi connectivity index (χ0) is 36.0. The number of halogens is 2. The summed E-state index contributed by atoms with van der Waals surface area (Å²) in [5, 5.41) is 18.9. The van der Waals surface area contributed by atoms with Gasteiger partial charge >= 0.3 is 0 Å². The number of benzene rings is 3. The van der Waals surface area contributed by atoms with Crippen molar-refractivity contribution in [2.75, 3.05) is 43.4 Å². The molecule has 2 aliphatic heterocycles. The Balaban J connectivity index is 1.03. The lowest BCUT2D eigenvalue weighted by molar-refractivity contribution is -0.0167. The van der Waals surface area contributed by atoms with Gasteiger partial charge in [0.15, 0.2) is 5.82 Å². The molecule has 6 aromatic rings. The minimum atomic E-state index is -1.77. The van der Waals surface area contributed by atoms with E-state index in [2.05, 4.69) is 25.3 Å². The van der Waals surface area contributed by atoms with E-state index >= 15 is 0 Å². The van der Waals surface area contributed by atoms with E-state index in [1.807, 2.05) is 47.4 Å². The number of amides is 1. The minimum Gasteiger partial charge on any atom is -0.490 e. The molecule has 3 aromatic heterocycles. The van der Waals surface area contributed by atoms with Crippen molar-refractivity contribution < 1.29 is 23.4 Å². The highest BCUT2D eigenvalue weighted by atomic mass is 32.1. The number of ether oxygens (including phenoxy) is 1. The third kappa shape index (κ3) is 6.35. The molecule has 0 spiro atoms. The Labute approximate surface area is 299 Å². The number of nitrogens with two attached hydrogens (primary N) is 1. The van der Waals surface area contributed by atoms with Crippen LogP contribution >= 0.6 is 11.3 Å². The Bertz CT molecular complexity index is 2340. The van der Waals surface area contributed by atoms with Gasteiger partial charge in [0.25, 0.3) is 11.5 Å². The first-order chi connectivity index (χ1) is 25.1. The van der Waals surface area contributed by atoms with Gasteiger partial charge in [-0.2, -0.15) is 5.10 Å². The van der Waals surface area contributed by atoms with Crippen LogP contribution in [0.1, 0.15) is 21.7 Å². The molecule has 3 aromatic carbocycles. The molecule has 16 heteroatoms. The molecule has 13 nitrogen and oxygen atoms in total. The van der Waals surface area contributed by atoms with Gasteiger partial charge < -0.3 is 25.8 Å². The van der Waals surface area contributed by atoms with Crippen molar-refractivity contribution in [2.45, 2.75) is 24.6 Å². The number of nitrogens with zero attached hydrogens (tertiary/aromatic N) is 7. The van der Waals surface area contributed by atoms with Gasteiger partial charge in [-0.1, -0.05) is 24.3 Å². The fourth-order valence-corrected chi connectivity index (χ4v) is 7.90. The average molecular weight is 726 g/mol. The van der Waals surface area contributed by atoms with Gasteiger partial charge in [0, 0.05) is 43.0 Å². The quantitative estimate of drug-likeness (QED) is 0.200. The second kappa shape index (κ2) is 13.4. The maximum atomic E-state index is 15.0. The zero-order valence-corrected chi connectivity index (χ0v) is 28.5. The zero-order valence-electron chi connectivity index (χ0n) is 27.7. The maximum absolute atomic E-state index is 15.0. The van der Waals surface area contributed by atoms with Crippen molar-refractivity contribution in [3.8, 4) is 11.4 Å². The summed E-state index contributed by atoms with van der Waals surface area (Å²) < 4.78 is 37.5. The summed E-state index contributed by atoms with van der Waals surface area (Å²) in [6.45, 7) is 1.86. The Hall–Kier alpha value is -5.71. The van der Waals surface area contributed by atoms with Crippen LogP contribution in [-0.2, 0) is 12.1 Å². The molecule has 2 aliphatic rings. The van der Waals surface area contributed by atoms with Crippen LogP contribution in [0.4, 0.5) is 26.0 Å². The molecule has 4 N–H and O–H groups in total. The molecular weight excluding hydrogens is 693 g/mol. The highest BCUT2D eigenvalue weighted by Crippen LogP contribution is 2.39. The lowest BCUT2D eigenvalue weighted by Gasteiger charge is -2.33. The number of anilines is 3. The molecule has 0 aliphatic carbocycles. The van der Waals surface area contributed by atoms with E-state index in [-0.39, 0.29) is 36.4 Å². The number of para-hydroxylation sites is 1. The van der Waals surface area contributed by atoms with Gasteiger partial charge in [-0.25, -0.2) is 23.4 Å². The summed E-state index contributed by atoms with van der Waals surface area (Å²) in [4.78, 5) is 40.2. The van der Waals surface area contributed by atoms with Crippen molar-refractivity contribution >= 4 is 44.8 Å². The average Bonchev–Trinajstić information content (AvgIpc) is 3.91. The van der Waals surface area contributed by atoms with Crippen LogP contribution in [-0.4, -0.2) is 79.1 Å². The van der Waals surface area contributed by atoms with E-state index in [0.29, 0.717) is 59.3 Å². The van der Waals surface area contributed by atoms with Gasteiger partial charge in [-0.15, -0.1) is 11.3 Å². The number of nitrogen functional groups attached to an aromatic ring is 1. The van der Waals surface area contributed by atoms with Crippen LogP contribution < -0.4 is 26.2 Å². The standard InChI is InChI=1S/C36H33F2N9O4S/c37-22-6-8-26(27(38)14-22)36(50,19-45-21-40-20-41-45)18-44-11-10-23(17-44)42-33(48)31-16-29-34(52-31)43-32(39)35(49)47(29)25-7-9-30-28(15-25)46(12-13-51-30)24-4-2-1-3-5-24/h1-9,14-16,20-21,23,50H,10-13,17-19H2,(H2,39,43)(H,42,48)/t23-,36+/m1/s1. The Kier molecular flexibility index (Phi) is 8.64. The third-order valence-corrected chi connectivity index (χ3v) is 10.4. The highest BCUT2D eigenvalue weighted by Gasteiger charge is 2.38. The molecule has 0 saturated carbocycles. The number of likely N-dealkylation sites (tertiary alicyclic amines) is 1. The molecule has 0 bridgehead atoms. The fourth-order valence-electron chi connectivity index (χ4n) is 6.97. The number of carbonyl (C=O) groups excluding carboxylic acids is 1.